The van der Waals surface area contributed by atoms with Gasteiger partial charge in [-0.2, -0.15) is 0 Å². The minimum absolute atomic E-state index is 0.108. The first-order chi connectivity index (χ1) is 9.62. The minimum Gasteiger partial charge on any atom is -0.468 e. The van der Waals surface area contributed by atoms with Crippen molar-refractivity contribution < 1.29 is 14.3 Å². The summed E-state index contributed by atoms with van der Waals surface area (Å²) in [5, 5.41) is 0. The quantitative estimate of drug-likeness (QED) is 0.631. The number of rotatable bonds is 3. The van der Waals surface area contributed by atoms with Crippen molar-refractivity contribution >= 4 is 11.8 Å². The highest BCUT2D eigenvalue weighted by Crippen LogP contribution is 2.75. The lowest BCUT2D eigenvalue weighted by atomic mass is 9.89. The number of benzene rings is 1. The van der Waals surface area contributed by atoms with Crippen molar-refractivity contribution in [1.29, 1.82) is 0 Å². The summed E-state index contributed by atoms with van der Waals surface area (Å²) in [6, 6.07) is 4.22. The maximum atomic E-state index is 12.4. The van der Waals surface area contributed by atoms with Crippen molar-refractivity contribution in [2.24, 2.45) is 10.8 Å². The number of methoxy groups -OCH3 is 1. The van der Waals surface area contributed by atoms with Gasteiger partial charge in [-0.1, -0.05) is 31.5 Å². The number of ether oxygens (including phenoxy) is 1. The first-order valence-electron chi connectivity index (χ1n) is 7.29. The molecule has 0 bridgehead atoms. The van der Waals surface area contributed by atoms with Crippen LogP contribution in [0.15, 0.2) is 12.1 Å². The molecular formula is C18H24O3. The molecule has 21 heavy (non-hydrogen) atoms. The summed E-state index contributed by atoms with van der Waals surface area (Å²) in [7, 11) is 1.35. The Morgan fingerprint density at radius 1 is 1.10 bits per heavy atom. The molecule has 0 amide bonds. The van der Waals surface area contributed by atoms with Crippen LogP contribution in [0.3, 0.4) is 0 Å². The molecule has 1 aromatic carbocycles. The van der Waals surface area contributed by atoms with E-state index in [4.69, 9.17) is 4.74 Å². The fourth-order valence-electron chi connectivity index (χ4n) is 4.33. The van der Waals surface area contributed by atoms with E-state index in [0.717, 1.165) is 16.7 Å². The van der Waals surface area contributed by atoms with E-state index >= 15 is 0 Å². The van der Waals surface area contributed by atoms with Crippen LogP contribution in [0.4, 0.5) is 0 Å². The zero-order valence-corrected chi connectivity index (χ0v) is 14.0. The molecule has 2 unspecified atom stereocenters. The zero-order valence-electron chi connectivity index (χ0n) is 14.0. The summed E-state index contributed by atoms with van der Waals surface area (Å²) in [6.07, 6.45) is 0. The van der Waals surface area contributed by atoms with Gasteiger partial charge in [0.15, 0.2) is 0 Å². The summed E-state index contributed by atoms with van der Waals surface area (Å²) in [5.74, 6) is -0.636. The highest BCUT2D eigenvalue weighted by Gasteiger charge is 2.79. The van der Waals surface area contributed by atoms with Gasteiger partial charge in [0.1, 0.15) is 11.2 Å². The number of aryl methyl sites for hydroxylation is 3. The van der Waals surface area contributed by atoms with Crippen LogP contribution in [0, 0.1) is 31.6 Å². The average molecular weight is 288 g/mol. The molecule has 0 aliphatic heterocycles. The summed E-state index contributed by atoms with van der Waals surface area (Å²) in [5.41, 5.74) is 3.11. The topological polar surface area (TPSA) is 43.4 Å². The Labute approximate surface area is 126 Å². The lowest BCUT2D eigenvalue weighted by Gasteiger charge is -2.15. The molecule has 0 spiro atoms. The highest BCUT2D eigenvalue weighted by molar-refractivity contribution is 6.09. The SMILES string of the molecule is COC(=O)C1(C(C)=O)C(c2c(C)cc(C)cc2C)C1(C)C. The smallest absolute Gasteiger partial charge is 0.320 e. The Bertz CT molecular complexity index is 604. The van der Waals surface area contributed by atoms with Crippen LogP contribution in [-0.4, -0.2) is 18.9 Å². The molecule has 114 valence electrons. The Morgan fingerprint density at radius 2 is 1.57 bits per heavy atom. The van der Waals surface area contributed by atoms with Crippen molar-refractivity contribution in [3.8, 4) is 0 Å². The van der Waals surface area contributed by atoms with Crippen LogP contribution < -0.4 is 0 Å². The Morgan fingerprint density at radius 3 is 1.95 bits per heavy atom. The Balaban J connectivity index is 2.66. The van der Waals surface area contributed by atoms with Crippen molar-refractivity contribution in [2.45, 2.75) is 47.5 Å². The average Bonchev–Trinajstić information content (AvgIpc) is 2.85. The molecule has 2 rings (SSSR count). The second-order valence-electron chi connectivity index (χ2n) is 6.82. The van der Waals surface area contributed by atoms with Crippen molar-refractivity contribution in [1.82, 2.24) is 0 Å². The summed E-state index contributed by atoms with van der Waals surface area (Å²) < 4.78 is 4.97. The molecule has 1 saturated carbocycles. The largest absolute Gasteiger partial charge is 0.468 e. The van der Waals surface area contributed by atoms with Gasteiger partial charge in [-0.05, 0) is 49.8 Å². The second kappa shape index (κ2) is 4.69. The van der Waals surface area contributed by atoms with Crippen molar-refractivity contribution in [3.63, 3.8) is 0 Å². The van der Waals surface area contributed by atoms with Crippen molar-refractivity contribution in [3.05, 3.63) is 34.4 Å². The Hall–Kier alpha value is -1.64. The van der Waals surface area contributed by atoms with Gasteiger partial charge in [0.05, 0.1) is 7.11 Å². The van der Waals surface area contributed by atoms with Crippen LogP contribution in [-0.2, 0) is 14.3 Å². The molecule has 0 saturated heterocycles. The van der Waals surface area contributed by atoms with Crippen LogP contribution in [0.5, 0.6) is 0 Å². The molecule has 2 atom stereocenters. The molecule has 1 fully saturated rings. The molecule has 0 aromatic heterocycles. The van der Waals surface area contributed by atoms with Crippen LogP contribution in [0.1, 0.15) is 48.9 Å². The number of hydrogen-bond acceptors (Lipinski definition) is 3. The third kappa shape index (κ3) is 1.86. The summed E-state index contributed by atoms with van der Waals surface area (Å²) >= 11 is 0. The van der Waals surface area contributed by atoms with E-state index in [1.54, 1.807) is 0 Å². The lowest BCUT2D eigenvalue weighted by molar-refractivity contribution is -0.152. The predicted octanol–water partition coefficient (Wildman–Crippen LogP) is 3.48. The minimum atomic E-state index is -1.05. The first-order valence-corrected chi connectivity index (χ1v) is 7.29. The van der Waals surface area contributed by atoms with Gasteiger partial charge >= 0.3 is 5.97 Å². The third-order valence-corrected chi connectivity index (χ3v) is 5.18. The number of hydrogen-bond donors (Lipinski definition) is 0. The third-order valence-electron chi connectivity index (χ3n) is 5.18. The lowest BCUT2D eigenvalue weighted by Crippen LogP contribution is -2.30. The highest BCUT2D eigenvalue weighted by atomic mass is 16.5. The molecular weight excluding hydrogens is 264 g/mol. The van der Waals surface area contributed by atoms with Gasteiger partial charge in [0.25, 0.3) is 0 Å². The maximum absolute atomic E-state index is 12.4. The van der Waals surface area contributed by atoms with Crippen LogP contribution in [0.25, 0.3) is 0 Å². The fraction of sp³-hybridized carbons (Fsp3) is 0.556. The van der Waals surface area contributed by atoms with Gasteiger partial charge < -0.3 is 4.74 Å². The van der Waals surface area contributed by atoms with Gasteiger partial charge in [0, 0.05) is 5.92 Å². The molecule has 3 heteroatoms. The van der Waals surface area contributed by atoms with Crippen molar-refractivity contribution in [2.75, 3.05) is 7.11 Å². The van der Waals surface area contributed by atoms with Gasteiger partial charge in [-0.3, -0.25) is 9.59 Å². The number of carbonyl (C=O) groups is 2. The normalized spacial score (nSPS) is 26.3. The predicted molar refractivity (Wildman–Crippen MR) is 82.3 cm³/mol. The number of esters is 1. The Kier molecular flexibility index (Phi) is 3.51. The molecule has 0 N–H and O–H groups in total. The molecule has 1 aliphatic carbocycles. The second-order valence-corrected chi connectivity index (χ2v) is 6.82. The zero-order chi connectivity index (χ0) is 16.2. The van der Waals surface area contributed by atoms with E-state index in [1.165, 1.54) is 19.6 Å². The number of carbonyl (C=O) groups excluding carboxylic acids is 2. The summed E-state index contributed by atoms with van der Waals surface area (Å²) in [6.45, 7) is 11.6. The van der Waals surface area contributed by atoms with Crippen LogP contribution >= 0.6 is 0 Å². The van der Waals surface area contributed by atoms with E-state index < -0.39 is 16.8 Å². The first kappa shape index (κ1) is 15.7. The maximum Gasteiger partial charge on any atom is 0.320 e. The van der Waals surface area contributed by atoms with E-state index in [9.17, 15) is 9.59 Å². The van der Waals surface area contributed by atoms with E-state index in [2.05, 4.69) is 19.1 Å². The van der Waals surface area contributed by atoms with Crippen LogP contribution in [0.2, 0.25) is 0 Å². The van der Waals surface area contributed by atoms with Gasteiger partial charge in [-0.15, -0.1) is 0 Å². The molecule has 0 heterocycles. The standard InChI is InChI=1S/C18H24O3/c1-10-8-11(2)14(12(3)9-10)15-17(5,6)18(15,13(4)19)16(20)21-7/h8-9,15H,1-7H3. The van der Waals surface area contributed by atoms with Gasteiger partial charge in [0.2, 0.25) is 0 Å². The van der Waals surface area contributed by atoms with Gasteiger partial charge in [-0.25, -0.2) is 0 Å². The van der Waals surface area contributed by atoms with E-state index in [-0.39, 0.29) is 11.7 Å². The number of Topliss-reactive ketones (excluding diaryl/α,β-unsaturated/α-hetero) is 1. The number of ketones is 1. The fourth-order valence-corrected chi connectivity index (χ4v) is 4.33. The molecule has 1 aliphatic rings. The molecule has 0 radical (unpaired) electrons. The van der Waals surface area contributed by atoms with E-state index in [1.807, 2.05) is 27.7 Å². The van der Waals surface area contributed by atoms with E-state index in [0.29, 0.717) is 0 Å². The molecule has 3 nitrogen and oxygen atoms in total. The monoisotopic (exact) mass is 288 g/mol. The summed E-state index contributed by atoms with van der Waals surface area (Å²) in [4.78, 5) is 24.7. The molecule has 1 aromatic rings.